The van der Waals surface area contributed by atoms with Crippen molar-refractivity contribution in [3.05, 3.63) is 106 Å². The minimum Gasteiger partial charge on any atom is -0.497 e. The molecule has 4 aromatic rings. The molecule has 0 aliphatic carbocycles. The normalized spacial score (nSPS) is 15.1. The van der Waals surface area contributed by atoms with E-state index < -0.39 is 0 Å². The number of nitrogens with zero attached hydrogens (tertiary/aromatic N) is 3. The lowest BCUT2D eigenvalue weighted by atomic mass is 9.93. The standard InChI is InChI=1S/C22H22ClN5O2S.C7H7ClO.H2S/c23-16-3-6-20-19(13-16)18-7-8-26(14-29)22(21(18)25-20)15-1-4-17(5-2-15)30-12-11-28(24)31-27-9-10-27;1-9-7-4-2-6(8)3-5-7;/h1-6,9-10,13-14,22,25H,7-8,11-12,24H2;2-5H,1H3;1H2. The number of aromatic amines is 1. The third-order valence-electron chi connectivity index (χ3n) is 6.56. The lowest BCUT2D eigenvalue weighted by Crippen LogP contribution is -2.35. The van der Waals surface area contributed by atoms with Gasteiger partial charge in [0.1, 0.15) is 18.1 Å². The summed E-state index contributed by atoms with van der Waals surface area (Å²) in [5, 5.41) is 2.57. The van der Waals surface area contributed by atoms with Crippen LogP contribution in [0.1, 0.15) is 22.9 Å². The number of nitrogens with two attached hydrogens (primary N) is 1. The predicted octanol–water partition coefficient (Wildman–Crippen LogP) is 6.29. The molecule has 6 rings (SSSR count). The summed E-state index contributed by atoms with van der Waals surface area (Å²) >= 11 is 13.3. The second-order valence-electron chi connectivity index (χ2n) is 9.16. The van der Waals surface area contributed by atoms with Gasteiger partial charge in [-0.25, -0.2) is 0 Å². The van der Waals surface area contributed by atoms with E-state index in [1.54, 1.807) is 23.7 Å². The highest BCUT2D eigenvalue weighted by molar-refractivity contribution is 7.95. The molecular weight excluding hydrogens is 601 g/mol. The number of carbonyl (C=O) groups is 1. The highest BCUT2D eigenvalue weighted by Gasteiger charge is 2.31. The van der Waals surface area contributed by atoms with Crippen LogP contribution in [0, 0.1) is 0 Å². The number of nitrogens with one attached hydrogen (secondary N) is 1. The first-order chi connectivity index (χ1) is 19.4. The number of fused-ring (bicyclic) bond motifs is 3. The van der Waals surface area contributed by atoms with Crippen LogP contribution in [-0.4, -0.2) is 51.8 Å². The van der Waals surface area contributed by atoms with Gasteiger partial charge < -0.3 is 19.4 Å². The summed E-state index contributed by atoms with van der Waals surface area (Å²) in [4.78, 5) is 17.2. The summed E-state index contributed by atoms with van der Waals surface area (Å²) in [6.07, 6.45) is 5.59. The zero-order chi connectivity index (χ0) is 28.1. The van der Waals surface area contributed by atoms with Gasteiger partial charge in [-0.3, -0.25) is 14.9 Å². The van der Waals surface area contributed by atoms with E-state index in [1.165, 1.54) is 17.7 Å². The molecule has 0 saturated carbocycles. The fraction of sp³-hybridized carbons (Fsp3) is 0.207. The first kappa shape index (κ1) is 31.0. The summed E-state index contributed by atoms with van der Waals surface area (Å²) in [5.74, 6) is 7.50. The predicted molar refractivity (Wildman–Crippen MR) is 171 cm³/mol. The minimum absolute atomic E-state index is 0. The SMILES string of the molecule is COc1ccc(Cl)cc1.NN(CCOc1ccc(C2c3[nH]c4ccc(Cl)cc4c3CCN2C=O)cc1)SN1C=C1.S. The maximum absolute atomic E-state index is 11.8. The third kappa shape index (κ3) is 7.85. The number of benzene rings is 3. The molecule has 3 heterocycles. The van der Waals surface area contributed by atoms with Gasteiger partial charge in [-0.2, -0.15) is 17.9 Å². The van der Waals surface area contributed by atoms with Gasteiger partial charge in [-0.05, 0) is 72.1 Å². The second-order valence-corrected chi connectivity index (χ2v) is 11.1. The number of halogens is 2. The van der Waals surface area contributed by atoms with Gasteiger partial charge in [0.05, 0.1) is 31.8 Å². The van der Waals surface area contributed by atoms with Crippen LogP contribution in [-0.2, 0) is 11.2 Å². The summed E-state index contributed by atoms with van der Waals surface area (Å²) in [6, 6.07) is 20.8. The fourth-order valence-electron chi connectivity index (χ4n) is 4.57. The van der Waals surface area contributed by atoms with E-state index >= 15 is 0 Å². The lowest BCUT2D eigenvalue weighted by molar-refractivity contribution is -0.120. The molecule has 216 valence electrons. The molecule has 0 fully saturated rings. The van der Waals surface area contributed by atoms with Crippen LogP contribution in [0.3, 0.4) is 0 Å². The smallest absolute Gasteiger partial charge is 0.210 e. The number of H-pyrrole nitrogens is 1. The molecule has 2 aliphatic rings. The monoisotopic (exact) mass is 631 g/mol. The summed E-state index contributed by atoms with van der Waals surface area (Å²) < 4.78 is 14.3. The Balaban J connectivity index is 0.000000333. The molecule has 0 saturated heterocycles. The number of amides is 1. The largest absolute Gasteiger partial charge is 0.497 e. The molecule has 1 aromatic heterocycles. The number of hydrogen-bond acceptors (Lipinski definition) is 7. The number of aromatic nitrogens is 1. The number of ether oxygens (including phenoxy) is 2. The maximum atomic E-state index is 11.8. The number of hydrazine groups is 1. The van der Waals surface area contributed by atoms with Gasteiger partial charge in [0.2, 0.25) is 6.41 Å². The molecular formula is C29H31Cl2N5O3S2. The van der Waals surface area contributed by atoms with E-state index in [0.717, 1.165) is 51.5 Å². The van der Waals surface area contributed by atoms with Crippen molar-refractivity contribution in [1.82, 2.24) is 18.6 Å². The number of methoxy groups -OCH3 is 1. The van der Waals surface area contributed by atoms with Crippen molar-refractivity contribution in [2.75, 3.05) is 26.8 Å². The van der Waals surface area contributed by atoms with Gasteiger partial charge in [-0.1, -0.05) is 35.3 Å². The maximum Gasteiger partial charge on any atom is 0.210 e. The molecule has 1 unspecified atom stereocenters. The molecule has 3 aromatic carbocycles. The van der Waals surface area contributed by atoms with Gasteiger partial charge >= 0.3 is 0 Å². The van der Waals surface area contributed by atoms with E-state index in [1.807, 2.05) is 76.2 Å². The number of carbonyl (C=O) groups excluding carboxylic acids is 1. The van der Waals surface area contributed by atoms with E-state index in [9.17, 15) is 4.79 Å². The molecule has 8 nitrogen and oxygen atoms in total. The van der Waals surface area contributed by atoms with Crippen LogP contribution in [0.4, 0.5) is 0 Å². The summed E-state index contributed by atoms with van der Waals surface area (Å²) in [7, 11) is 1.63. The van der Waals surface area contributed by atoms with Crippen molar-refractivity contribution in [3.8, 4) is 11.5 Å². The van der Waals surface area contributed by atoms with Crippen LogP contribution < -0.4 is 15.3 Å². The molecule has 0 bridgehead atoms. The van der Waals surface area contributed by atoms with Crippen molar-refractivity contribution < 1.29 is 14.3 Å². The van der Waals surface area contributed by atoms with Crippen LogP contribution in [0.2, 0.25) is 10.0 Å². The quantitative estimate of drug-likeness (QED) is 0.0971. The third-order valence-corrected chi connectivity index (χ3v) is 7.87. The number of rotatable bonds is 9. The Morgan fingerprint density at radius 1 is 1.05 bits per heavy atom. The minimum atomic E-state index is -0.169. The van der Waals surface area contributed by atoms with Crippen molar-refractivity contribution in [1.29, 1.82) is 0 Å². The molecule has 2 aliphatic heterocycles. The second kappa shape index (κ2) is 14.3. The molecule has 1 amide bonds. The topological polar surface area (TPSA) is 86.8 Å². The molecule has 0 radical (unpaired) electrons. The van der Waals surface area contributed by atoms with Crippen molar-refractivity contribution >= 4 is 66.1 Å². The number of hydrogen-bond donors (Lipinski definition) is 2. The Morgan fingerprint density at radius 3 is 2.39 bits per heavy atom. The van der Waals surface area contributed by atoms with Crippen LogP contribution in [0.15, 0.2) is 79.1 Å². The fourth-order valence-corrected chi connectivity index (χ4v) is 5.42. The lowest BCUT2D eigenvalue weighted by Gasteiger charge is -2.33. The Labute approximate surface area is 260 Å². The Morgan fingerprint density at radius 2 is 1.73 bits per heavy atom. The van der Waals surface area contributed by atoms with Crippen molar-refractivity contribution in [2.24, 2.45) is 5.84 Å². The Kier molecular flexibility index (Phi) is 10.8. The van der Waals surface area contributed by atoms with Gasteiger partial charge in [0, 0.05) is 45.6 Å². The van der Waals surface area contributed by atoms with E-state index in [4.69, 9.17) is 38.5 Å². The van der Waals surface area contributed by atoms with E-state index in [0.29, 0.717) is 24.7 Å². The molecule has 3 N–H and O–H groups in total. The first-order valence-corrected chi connectivity index (χ1v) is 14.1. The summed E-state index contributed by atoms with van der Waals surface area (Å²) in [5.41, 5.74) is 4.34. The first-order valence-electron chi connectivity index (χ1n) is 12.7. The average Bonchev–Trinajstić information content (AvgIpc) is 3.71. The van der Waals surface area contributed by atoms with E-state index in [-0.39, 0.29) is 19.5 Å². The summed E-state index contributed by atoms with van der Waals surface area (Å²) in [6.45, 7) is 1.73. The highest BCUT2D eigenvalue weighted by Crippen LogP contribution is 2.38. The Hall–Kier alpha value is -2.99. The molecule has 1 atom stereocenters. The van der Waals surface area contributed by atoms with Crippen LogP contribution >= 0.6 is 48.8 Å². The zero-order valence-electron chi connectivity index (χ0n) is 22.3. The average molecular weight is 633 g/mol. The molecule has 12 heteroatoms. The van der Waals surface area contributed by atoms with Gasteiger partial charge in [0.25, 0.3) is 0 Å². The zero-order valence-corrected chi connectivity index (χ0v) is 25.6. The van der Waals surface area contributed by atoms with Crippen molar-refractivity contribution in [3.63, 3.8) is 0 Å². The van der Waals surface area contributed by atoms with Gasteiger partial charge in [-0.15, -0.1) is 0 Å². The van der Waals surface area contributed by atoms with Crippen LogP contribution in [0.25, 0.3) is 10.9 Å². The Bertz CT molecular complexity index is 1480. The molecule has 0 spiro atoms. The van der Waals surface area contributed by atoms with Crippen molar-refractivity contribution in [2.45, 2.75) is 12.5 Å². The highest BCUT2D eigenvalue weighted by atomic mass is 35.5. The van der Waals surface area contributed by atoms with E-state index in [2.05, 4.69) is 4.98 Å². The molecule has 41 heavy (non-hydrogen) atoms. The van der Waals surface area contributed by atoms with Crippen LogP contribution in [0.5, 0.6) is 11.5 Å². The van der Waals surface area contributed by atoms with Gasteiger partial charge in [0.15, 0.2) is 0 Å².